The number of allylic oxidation sites excluding steroid dienone is 1. The minimum Gasteiger partial charge on any atom is -0.493 e. The summed E-state index contributed by atoms with van der Waals surface area (Å²) in [5.74, 6) is 1.40. The van der Waals surface area contributed by atoms with Crippen LogP contribution in [0.15, 0.2) is 79.1 Å². The molecule has 2 aromatic heterocycles. The van der Waals surface area contributed by atoms with Crippen molar-refractivity contribution < 1.29 is 4.74 Å². The minimum absolute atomic E-state index is 0.566. The summed E-state index contributed by atoms with van der Waals surface area (Å²) in [6.45, 7) is 1.47. The Morgan fingerprint density at radius 2 is 2.00 bits per heavy atom. The van der Waals surface area contributed by atoms with Gasteiger partial charge in [-0.15, -0.1) is 0 Å². The molecule has 1 aliphatic heterocycles. The Balaban J connectivity index is 1.60. The Kier molecular flexibility index (Phi) is 4.26. The summed E-state index contributed by atoms with van der Waals surface area (Å²) >= 11 is 0. The van der Waals surface area contributed by atoms with Crippen molar-refractivity contribution >= 4 is 22.5 Å². The Labute approximate surface area is 163 Å². The maximum absolute atomic E-state index is 5.87. The molecule has 0 unspecified atom stereocenters. The highest BCUT2D eigenvalue weighted by Gasteiger charge is 2.07. The second-order valence-corrected chi connectivity index (χ2v) is 6.77. The van der Waals surface area contributed by atoms with Crippen LogP contribution < -0.4 is 10.1 Å². The SMILES string of the molecule is C1=C\Cn2ccc3ccc(cc32)-c2ccnc(n2)Nc2cccc(c2)OCC/1. The van der Waals surface area contributed by atoms with E-state index in [1.165, 1.54) is 10.9 Å². The van der Waals surface area contributed by atoms with E-state index < -0.39 is 0 Å². The topological polar surface area (TPSA) is 52.0 Å². The molecule has 1 N–H and O–H groups in total. The van der Waals surface area contributed by atoms with Crippen molar-refractivity contribution in [3.05, 3.63) is 79.1 Å². The Morgan fingerprint density at radius 3 is 3.00 bits per heavy atom. The minimum atomic E-state index is 0.566. The van der Waals surface area contributed by atoms with Crippen molar-refractivity contribution in [2.75, 3.05) is 11.9 Å². The zero-order valence-corrected chi connectivity index (χ0v) is 15.4. The molecule has 2 aromatic carbocycles. The van der Waals surface area contributed by atoms with Gasteiger partial charge in [-0.1, -0.05) is 30.4 Å². The van der Waals surface area contributed by atoms with Crippen LogP contribution in [0.25, 0.3) is 22.2 Å². The summed E-state index contributed by atoms with van der Waals surface area (Å²) < 4.78 is 8.12. The molecule has 5 nitrogen and oxygen atoms in total. The molecule has 0 aliphatic carbocycles. The lowest BCUT2D eigenvalue weighted by Crippen LogP contribution is -1.99. The summed E-state index contributed by atoms with van der Waals surface area (Å²) in [5, 5.41) is 4.50. The molecule has 3 heterocycles. The summed E-state index contributed by atoms with van der Waals surface area (Å²) in [4.78, 5) is 9.08. The highest BCUT2D eigenvalue weighted by atomic mass is 16.5. The number of benzene rings is 2. The van der Waals surface area contributed by atoms with Crippen LogP contribution in [0.3, 0.4) is 0 Å². The molecule has 138 valence electrons. The van der Waals surface area contributed by atoms with E-state index in [0.29, 0.717) is 12.6 Å². The second kappa shape index (κ2) is 7.19. The number of anilines is 2. The number of nitrogens with zero attached hydrogens (tertiary/aromatic N) is 3. The van der Waals surface area contributed by atoms with E-state index in [1.807, 2.05) is 30.3 Å². The first-order valence-corrected chi connectivity index (χ1v) is 9.42. The molecular formula is C23H20N4O. The number of aromatic nitrogens is 3. The fourth-order valence-corrected chi connectivity index (χ4v) is 3.43. The van der Waals surface area contributed by atoms with Crippen LogP contribution in [0.4, 0.5) is 11.6 Å². The number of nitrogens with one attached hydrogen (secondary N) is 1. The van der Waals surface area contributed by atoms with Crippen LogP contribution in [0, 0.1) is 0 Å². The maximum Gasteiger partial charge on any atom is 0.227 e. The number of hydrogen-bond acceptors (Lipinski definition) is 4. The molecule has 1 aliphatic rings. The Bertz CT molecular complexity index is 1160. The molecule has 6 bridgehead atoms. The van der Waals surface area contributed by atoms with Crippen molar-refractivity contribution in [3.8, 4) is 17.0 Å². The lowest BCUT2D eigenvalue weighted by molar-refractivity contribution is 0.325. The first-order chi connectivity index (χ1) is 13.8. The lowest BCUT2D eigenvalue weighted by atomic mass is 10.1. The maximum atomic E-state index is 5.87. The van der Waals surface area contributed by atoms with Gasteiger partial charge in [0.25, 0.3) is 0 Å². The van der Waals surface area contributed by atoms with Crippen LogP contribution in [0.5, 0.6) is 5.75 Å². The summed E-state index contributed by atoms with van der Waals surface area (Å²) in [7, 11) is 0. The number of fused-ring (bicyclic) bond motifs is 6. The van der Waals surface area contributed by atoms with Crippen molar-refractivity contribution in [2.45, 2.75) is 13.0 Å². The predicted octanol–water partition coefficient (Wildman–Crippen LogP) is 5.18. The zero-order valence-electron chi connectivity index (χ0n) is 15.4. The van der Waals surface area contributed by atoms with Gasteiger partial charge in [-0.3, -0.25) is 0 Å². The van der Waals surface area contributed by atoms with Gasteiger partial charge < -0.3 is 14.6 Å². The largest absolute Gasteiger partial charge is 0.493 e. The van der Waals surface area contributed by atoms with Crippen molar-refractivity contribution in [1.82, 2.24) is 14.5 Å². The standard InChI is InChI=1S/C23H20N4O/c1-2-12-27-13-10-17-7-8-18(15-22(17)27)21-9-11-24-23(26-21)25-19-5-4-6-20(16-19)28-14-3-1/h1-2,4-11,13,15-16H,3,12,14H2,(H,24,25,26)/b2-1-. The van der Waals surface area contributed by atoms with Gasteiger partial charge >= 0.3 is 0 Å². The first-order valence-electron chi connectivity index (χ1n) is 9.42. The van der Waals surface area contributed by atoms with Gasteiger partial charge in [-0.05, 0) is 42.1 Å². The normalized spacial score (nSPS) is 14.9. The third kappa shape index (κ3) is 3.34. The molecule has 0 radical (unpaired) electrons. The molecule has 0 spiro atoms. The van der Waals surface area contributed by atoms with Gasteiger partial charge in [0.05, 0.1) is 12.3 Å². The Morgan fingerprint density at radius 1 is 1.00 bits per heavy atom. The number of rotatable bonds is 0. The smallest absolute Gasteiger partial charge is 0.227 e. The third-order valence-corrected chi connectivity index (χ3v) is 4.84. The average molecular weight is 368 g/mol. The van der Waals surface area contributed by atoms with Crippen molar-refractivity contribution in [1.29, 1.82) is 0 Å². The molecule has 0 amide bonds. The van der Waals surface area contributed by atoms with Gasteiger partial charge in [0.15, 0.2) is 0 Å². The third-order valence-electron chi connectivity index (χ3n) is 4.84. The molecule has 28 heavy (non-hydrogen) atoms. The lowest BCUT2D eigenvalue weighted by Gasteiger charge is -2.09. The van der Waals surface area contributed by atoms with Crippen molar-refractivity contribution in [3.63, 3.8) is 0 Å². The second-order valence-electron chi connectivity index (χ2n) is 6.77. The van der Waals surface area contributed by atoms with E-state index in [-0.39, 0.29) is 0 Å². The van der Waals surface area contributed by atoms with E-state index in [1.54, 1.807) is 6.20 Å². The van der Waals surface area contributed by atoms with E-state index in [0.717, 1.165) is 35.7 Å². The van der Waals surface area contributed by atoms with Gasteiger partial charge in [-0.2, -0.15) is 0 Å². The molecule has 0 saturated heterocycles. The zero-order chi connectivity index (χ0) is 18.8. The molecule has 5 heteroatoms. The number of hydrogen-bond donors (Lipinski definition) is 1. The van der Waals surface area contributed by atoms with Gasteiger partial charge in [0.2, 0.25) is 5.95 Å². The first kappa shape index (κ1) is 16.6. The van der Waals surface area contributed by atoms with E-state index in [9.17, 15) is 0 Å². The summed E-state index contributed by atoms with van der Waals surface area (Å²) in [6, 6.07) is 18.4. The summed E-state index contributed by atoms with van der Waals surface area (Å²) in [5.41, 5.74) is 4.06. The molecule has 0 saturated carbocycles. The molecular weight excluding hydrogens is 348 g/mol. The molecule has 5 rings (SSSR count). The van der Waals surface area contributed by atoms with Gasteiger partial charge in [0.1, 0.15) is 5.75 Å². The number of ether oxygens (including phenoxy) is 1. The molecule has 4 aromatic rings. The van der Waals surface area contributed by atoms with Crippen LogP contribution in [0.1, 0.15) is 6.42 Å². The fourth-order valence-electron chi connectivity index (χ4n) is 3.43. The van der Waals surface area contributed by atoms with Crippen LogP contribution in [-0.2, 0) is 6.54 Å². The van der Waals surface area contributed by atoms with Crippen LogP contribution >= 0.6 is 0 Å². The van der Waals surface area contributed by atoms with Crippen LogP contribution in [-0.4, -0.2) is 21.1 Å². The molecule has 0 atom stereocenters. The highest BCUT2D eigenvalue weighted by molar-refractivity contribution is 5.85. The van der Waals surface area contributed by atoms with Gasteiger partial charge in [0, 0.05) is 41.8 Å². The summed E-state index contributed by atoms with van der Waals surface area (Å²) in [6.07, 6.45) is 9.14. The monoisotopic (exact) mass is 368 g/mol. The Hall–Kier alpha value is -3.60. The highest BCUT2D eigenvalue weighted by Crippen LogP contribution is 2.26. The van der Waals surface area contributed by atoms with Gasteiger partial charge in [-0.25, -0.2) is 9.97 Å². The quantitative estimate of drug-likeness (QED) is 0.435. The van der Waals surface area contributed by atoms with E-state index in [2.05, 4.69) is 57.5 Å². The molecule has 0 fully saturated rings. The average Bonchev–Trinajstić information content (AvgIpc) is 3.13. The van der Waals surface area contributed by atoms with E-state index >= 15 is 0 Å². The van der Waals surface area contributed by atoms with Crippen LogP contribution in [0.2, 0.25) is 0 Å². The van der Waals surface area contributed by atoms with Crippen molar-refractivity contribution in [2.24, 2.45) is 0 Å². The van der Waals surface area contributed by atoms with E-state index in [4.69, 9.17) is 9.72 Å². The predicted molar refractivity (Wildman–Crippen MR) is 112 cm³/mol. The fraction of sp³-hybridized carbons (Fsp3) is 0.130.